The Bertz CT molecular complexity index is 1630. The molecule has 0 aliphatic rings. The van der Waals surface area contributed by atoms with Gasteiger partial charge in [-0.2, -0.15) is 0 Å². The van der Waals surface area contributed by atoms with Crippen molar-refractivity contribution in [1.82, 2.24) is 0 Å². The Kier molecular flexibility index (Phi) is 6.13. The lowest BCUT2D eigenvalue weighted by molar-refractivity contribution is 0.102. The van der Waals surface area contributed by atoms with Crippen LogP contribution in [0.15, 0.2) is 100 Å². The van der Waals surface area contributed by atoms with Gasteiger partial charge in [0.25, 0.3) is 5.91 Å². The van der Waals surface area contributed by atoms with Crippen molar-refractivity contribution in [3.05, 3.63) is 123 Å². The highest BCUT2D eigenvalue weighted by atomic mass is 16.3. The van der Waals surface area contributed by atoms with E-state index in [1.54, 1.807) is 24.3 Å². The van der Waals surface area contributed by atoms with Crippen molar-refractivity contribution in [2.45, 2.75) is 20.8 Å². The summed E-state index contributed by atoms with van der Waals surface area (Å²) in [5.41, 5.74) is 7.26. The number of anilines is 3. The zero-order valence-electron chi connectivity index (χ0n) is 20.4. The highest BCUT2D eigenvalue weighted by molar-refractivity contribution is 6.06. The van der Waals surface area contributed by atoms with E-state index in [0.717, 1.165) is 28.1 Å². The lowest BCUT2D eigenvalue weighted by atomic mass is 10.1. The van der Waals surface area contributed by atoms with Gasteiger partial charge in [0, 0.05) is 22.9 Å². The number of para-hydroxylation sites is 2. The third-order valence-electron chi connectivity index (χ3n) is 6.10. The second-order valence-electron chi connectivity index (χ2n) is 9.00. The summed E-state index contributed by atoms with van der Waals surface area (Å²) >= 11 is 0. The van der Waals surface area contributed by atoms with Crippen molar-refractivity contribution in [1.29, 1.82) is 0 Å². The Morgan fingerprint density at radius 1 is 0.750 bits per heavy atom. The zero-order chi connectivity index (χ0) is 25.2. The van der Waals surface area contributed by atoms with Crippen LogP contribution in [-0.2, 0) is 0 Å². The number of nitrogens with one attached hydrogen (secondary N) is 2. The number of benzene rings is 4. The fourth-order valence-corrected chi connectivity index (χ4v) is 4.23. The molecule has 1 aromatic heterocycles. The average molecular weight is 475 g/mol. The summed E-state index contributed by atoms with van der Waals surface area (Å²) in [6.07, 6.45) is 0. The van der Waals surface area contributed by atoms with Crippen LogP contribution in [0, 0.1) is 20.8 Å². The number of rotatable bonds is 5. The Labute approximate surface area is 209 Å². The van der Waals surface area contributed by atoms with Gasteiger partial charge in [-0.1, -0.05) is 48.0 Å². The molecule has 0 unspecified atom stereocenters. The smallest absolute Gasteiger partial charge is 0.255 e. The predicted molar refractivity (Wildman–Crippen MR) is 146 cm³/mol. The first-order chi connectivity index (χ1) is 17.4. The molecule has 5 rings (SSSR count). The molecule has 0 saturated heterocycles. The summed E-state index contributed by atoms with van der Waals surface area (Å²) in [5.74, 6) is 0.241. The fraction of sp³-hybridized carbons (Fsp3) is 0.0968. The van der Waals surface area contributed by atoms with Crippen LogP contribution >= 0.6 is 0 Å². The molecule has 0 aliphatic carbocycles. The first-order valence-corrected chi connectivity index (χ1v) is 11.8. The number of fused-ring (bicyclic) bond motifs is 1. The number of amides is 1. The van der Waals surface area contributed by atoms with Crippen molar-refractivity contribution in [2.24, 2.45) is 0 Å². The van der Waals surface area contributed by atoms with Gasteiger partial charge in [0.05, 0.1) is 16.8 Å². The van der Waals surface area contributed by atoms with E-state index in [4.69, 9.17) is 4.42 Å². The summed E-state index contributed by atoms with van der Waals surface area (Å²) in [7, 11) is 0. The van der Waals surface area contributed by atoms with Crippen LogP contribution in [0.5, 0.6) is 0 Å². The first kappa shape index (κ1) is 23.1. The molecule has 5 nitrogen and oxygen atoms in total. The maximum atomic E-state index is 13.0. The summed E-state index contributed by atoms with van der Waals surface area (Å²) in [4.78, 5) is 25.7. The molecule has 5 heteroatoms. The van der Waals surface area contributed by atoms with Crippen LogP contribution in [0.2, 0.25) is 0 Å². The molecule has 1 heterocycles. The van der Waals surface area contributed by atoms with Gasteiger partial charge in [-0.15, -0.1) is 0 Å². The Morgan fingerprint density at radius 2 is 1.44 bits per heavy atom. The van der Waals surface area contributed by atoms with Crippen molar-refractivity contribution >= 4 is 33.9 Å². The molecule has 178 valence electrons. The molecule has 0 spiro atoms. The van der Waals surface area contributed by atoms with E-state index >= 15 is 0 Å². The van der Waals surface area contributed by atoms with Gasteiger partial charge in [0.15, 0.2) is 5.43 Å². The average Bonchev–Trinajstić information content (AvgIpc) is 2.87. The van der Waals surface area contributed by atoms with Gasteiger partial charge in [-0.25, -0.2) is 0 Å². The number of aryl methyl sites for hydroxylation is 3. The third-order valence-corrected chi connectivity index (χ3v) is 6.10. The van der Waals surface area contributed by atoms with E-state index in [9.17, 15) is 9.59 Å². The molecule has 0 atom stereocenters. The molecule has 0 aliphatic heterocycles. The monoisotopic (exact) mass is 474 g/mol. The zero-order valence-corrected chi connectivity index (χ0v) is 20.4. The van der Waals surface area contributed by atoms with Gasteiger partial charge < -0.3 is 15.1 Å². The summed E-state index contributed by atoms with van der Waals surface area (Å²) in [5, 5.41) is 6.92. The molecule has 0 radical (unpaired) electrons. The van der Waals surface area contributed by atoms with E-state index in [1.165, 1.54) is 11.6 Å². The molecule has 1 amide bonds. The predicted octanol–water partition coefficient (Wildman–Crippen LogP) is 7.38. The van der Waals surface area contributed by atoms with Crippen LogP contribution in [-0.4, -0.2) is 5.91 Å². The first-order valence-electron chi connectivity index (χ1n) is 11.8. The second kappa shape index (κ2) is 9.55. The Morgan fingerprint density at radius 3 is 2.17 bits per heavy atom. The minimum atomic E-state index is -0.231. The quantitative estimate of drug-likeness (QED) is 0.279. The van der Waals surface area contributed by atoms with E-state index in [-0.39, 0.29) is 11.3 Å². The highest BCUT2D eigenvalue weighted by Gasteiger charge is 2.13. The highest BCUT2D eigenvalue weighted by Crippen LogP contribution is 2.28. The summed E-state index contributed by atoms with van der Waals surface area (Å²) < 4.78 is 6.08. The SMILES string of the molecule is Cc1ccc(Nc2ccccc2NC(=O)c2ccc(-c3cc(=O)c4cc(C)cc(C)c4o3)cc2)cc1. The third kappa shape index (κ3) is 4.77. The lowest BCUT2D eigenvalue weighted by Crippen LogP contribution is -2.13. The standard InChI is InChI=1S/C31H26N2O3/c1-19-8-14-24(15-9-19)32-26-6-4-5-7-27(26)33-31(35)23-12-10-22(11-13-23)29-18-28(34)25-17-20(2)16-21(3)30(25)36-29/h4-18,32H,1-3H3,(H,33,35). The Balaban J connectivity index is 1.37. The second-order valence-corrected chi connectivity index (χ2v) is 9.00. The maximum Gasteiger partial charge on any atom is 0.255 e. The number of carbonyl (C=O) groups excluding carboxylic acids is 1. The van der Waals surface area contributed by atoms with Crippen LogP contribution in [0.3, 0.4) is 0 Å². The van der Waals surface area contributed by atoms with Crippen LogP contribution in [0.4, 0.5) is 17.1 Å². The minimum absolute atomic E-state index is 0.0856. The largest absolute Gasteiger partial charge is 0.456 e. The minimum Gasteiger partial charge on any atom is -0.456 e. The summed E-state index contributed by atoms with van der Waals surface area (Å²) in [6.45, 7) is 5.93. The fourth-order valence-electron chi connectivity index (χ4n) is 4.23. The normalized spacial score (nSPS) is 10.9. The van der Waals surface area contributed by atoms with Crippen molar-refractivity contribution in [2.75, 3.05) is 10.6 Å². The molecular formula is C31H26N2O3. The topological polar surface area (TPSA) is 71.3 Å². The number of carbonyl (C=O) groups is 1. The van der Waals surface area contributed by atoms with Gasteiger partial charge in [0.1, 0.15) is 11.3 Å². The van der Waals surface area contributed by atoms with E-state index < -0.39 is 0 Å². The maximum absolute atomic E-state index is 13.0. The van der Waals surface area contributed by atoms with Crippen LogP contribution in [0.1, 0.15) is 27.0 Å². The van der Waals surface area contributed by atoms with Crippen molar-refractivity contribution < 1.29 is 9.21 Å². The molecule has 2 N–H and O–H groups in total. The van der Waals surface area contributed by atoms with Gasteiger partial charge in [-0.05, 0) is 74.4 Å². The van der Waals surface area contributed by atoms with Crippen LogP contribution < -0.4 is 16.1 Å². The molecular weight excluding hydrogens is 448 g/mol. The van der Waals surface area contributed by atoms with E-state index in [0.29, 0.717) is 28.0 Å². The number of hydrogen-bond acceptors (Lipinski definition) is 4. The molecule has 5 aromatic rings. The van der Waals surface area contributed by atoms with E-state index in [2.05, 4.69) is 10.6 Å². The van der Waals surface area contributed by atoms with Crippen molar-refractivity contribution in [3.63, 3.8) is 0 Å². The molecule has 0 fully saturated rings. The van der Waals surface area contributed by atoms with Gasteiger partial charge >= 0.3 is 0 Å². The van der Waals surface area contributed by atoms with Gasteiger partial charge in [0.2, 0.25) is 0 Å². The number of hydrogen-bond donors (Lipinski definition) is 2. The summed E-state index contributed by atoms with van der Waals surface area (Å²) in [6, 6.07) is 28.0. The lowest BCUT2D eigenvalue weighted by Gasteiger charge is -2.13. The van der Waals surface area contributed by atoms with Gasteiger partial charge in [-0.3, -0.25) is 9.59 Å². The molecule has 4 aromatic carbocycles. The van der Waals surface area contributed by atoms with Crippen molar-refractivity contribution in [3.8, 4) is 11.3 Å². The molecule has 0 saturated carbocycles. The van der Waals surface area contributed by atoms with E-state index in [1.807, 2.05) is 81.4 Å². The Hall–Kier alpha value is -4.64. The molecule has 0 bridgehead atoms. The molecule has 36 heavy (non-hydrogen) atoms. The van der Waals surface area contributed by atoms with Crippen LogP contribution in [0.25, 0.3) is 22.3 Å².